The minimum Gasteiger partial charge on any atom is -0.383 e. The number of nitrogens with one attached hydrogen (secondary N) is 2. The summed E-state index contributed by atoms with van der Waals surface area (Å²) in [5.74, 6) is 0.345. The highest BCUT2D eigenvalue weighted by atomic mass is 19.3. The zero-order valence-corrected chi connectivity index (χ0v) is 18.5. The van der Waals surface area contributed by atoms with E-state index in [9.17, 15) is 18.4 Å². The summed E-state index contributed by atoms with van der Waals surface area (Å²) in [6.45, 7) is 7.57. The Morgan fingerprint density at radius 2 is 2.00 bits per heavy atom. The number of hydrogen-bond acceptors (Lipinski definition) is 7. The lowest BCUT2D eigenvalue weighted by atomic mass is 9.73. The molecule has 2 aliphatic heterocycles. The molecule has 2 aromatic heterocycles. The Labute approximate surface area is 184 Å². The molecule has 1 fully saturated rings. The molecular formula is C21H27F2N7O2. The third-order valence-corrected chi connectivity index (χ3v) is 6.61. The minimum atomic E-state index is -2.45. The predicted molar refractivity (Wildman–Crippen MR) is 116 cm³/mol. The van der Waals surface area contributed by atoms with Gasteiger partial charge in [-0.25, -0.2) is 18.7 Å². The van der Waals surface area contributed by atoms with Gasteiger partial charge in [0.2, 0.25) is 0 Å². The second kappa shape index (κ2) is 7.51. The maximum absolute atomic E-state index is 13.7. The van der Waals surface area contributed by atoms with Crippen molar-refractivity contribution in [3.8, 4) is 0 Å². The number of aromatic nitrogens is 3. The number of aryl methyl sites for hydroxylation is 1. The average molecular weight is 447 g/mol. The van der Waals surface area contributed by atoms with Crippen molar-refractivity contribution in [2.75, 3.05) is 30.7 Å². The van der Waals surface area contributed by atoms with E-state index in [0.29, 0.717) is 42.3 Å². The summed E-state index contributed by atoms with van der Waals surface area (Å²) in [5.41, 5.74) is 5.49. The molecule has 0 radical (unpaired) electrons. The molecule has 4 rings (SSSR count). The maximum atomic E-state index is 13.7. The number of nitrogens with zero attached hydrogens (tertiary/aromatic N) is 4. The molecule has 2 aromatic rings. The van der Waals surface area contributed by atoms with Crippen LogP contribution in [-0.4, -0.2) is 51.4 Å². The maximum Gasteiger partial charge on any atom is 0.276 e. The average Bonchev–Trinajstić information content (AvgIpc) is 3.00. The Morgan fingerprint density at radius 1 is 1.28 bits per heavy atom. The fraction of sp³-hybridized carbons (Fsp3) is 0.524. The van der Waals surface area contributed by atoms with Gasteiger partial charge in [-0.15, -0.1) is 0 Å². The molecule has 1 unspecified atom stereocenters. The molecule has 4 heterocycles. The molecule has 1 saturated heterocycles. The van der Waals surface area contributed by atoms with Gasteiger partial charge < -0.3 is 16.4 Å². The molecule has 0 aliphatic carbocycles. The number of carbonyl (C=O) groups is 1. The van der Waals surface area contributed by atoms with Crippen LogP contribution in [0.5, 0.6) is 0 Å². The van der Waals surface area contributed by atoms with Crippen LogP contribution in [0.3, 0.4) is 0 Å². The molecule has 1 amide bonds. The van der Waals surface area contributed by atoms with Crippen LogP contribution in [0.2, 0.25) is 0 Å². The zero-order chi connectivity index (χ0) is 23.4. The first kappa shape index (κ1) is 22.1. The number of nitrogen functional groups attached to an aromatic ring is 1. The summed E-state index contributed by atoms with van der Waals surface area (Å²) in [7, 11) is 0. The number of halogens is 2. The fourth-order valence-electron chi connectivity index (χ4n) is 4.92. The number of pyridine rings is 1. The second-order valence-electron chi connectivity index (χ2n) is 9.16. The minimum absolute atomic E-state index is 0.245. The molecule has 4 N–H and O–H groups in total. The highest BCUT2D eigenvalue weighted by Gasteiger charge is 2.56. The number of fused-ring (bicyclic) bond motifs is 2. The summed E-state index contributed by atoms with van der Waals surface area (Å²) in [5, 5.41) is 6.07. The topological polar surface area (TPSA) is 118 Å². The van der Waals surface area contributed by atoms with Crippen molar-refractivity contribution in [3.05, 3.63) is 39.6 Å². The Kier molecular flexibility index (Phi) is 5.19. The highest BCUT2D eigenvalue weighted by Crippen LogP contribution is 2.45. The first-order valence-corrected chi connectivity index (χ1v) is 10.4. The fourth-order valence-corrected chi connectivity index (χ4v) is 4.92. The van der Waals surface area contributed by atoms with Crippen LogP contribution in [-0.2, 0) is 5.66 Å². The number of hydrogen-bond donors (Lipinski definition) is 3. The van der Waals surface area contributed by atoms with E-state index in [4.69, 9.17) is 5.73 Å². The van der Waals surface area contributed by atoms with Gasteiger partial charge in [-0.05, 0) is 25.5 Å². The lowest BCUT2D eigenvalue weighted by molar-refractivity contribution is -0.0476. The van der Waals surface area contributed by atoms with E-state index in [1.807, 2.05) is 13.8 Å². The van der Waals surface area contributed by atoms with E-state index in [-0.39, 0.29) is 23.8 Å². The van der Waals surface area contributed by atoms with Gasteiger partial charge in [-0.1, -0.05) is 13.8 Å². The first-order chi connectivity index (χ1) is 15.0. The van der Waals surface area contributed by atoms with Crippen molar-refractivity contribution in [1.82, 2.24) is 24.8 Å². The van der Waals surface area contributed by atoms with Gasteiger partial charge in [0.1, 0.15) is 35.0 Å². The smallest absolute Gasteiger partial charge is 0.276 e. The zero-order valence-electron chi connectivity index (χ0n) is 18.5. The van der Waals surface area contributed by atoms with Crippen LogP contribution in [0.1, 0.15) is 41.9 Å². The Bertz CT molecular complexity index is 1150. The lowest BCUT2D eigenvalue weighted by Crippen LogP contribution is -2.65. The quantitative estimate of drug-likeness (QED) is 0.656. The SMILES string of the molecule is Cc1cc(Nc2ncnc(N)c2C)c(=O)n2c1C(=O)NC21CCN(CC(F)F)CC1(C)C. The number of carbonyl (C=O) groups excluding carboxylic acids is 1. The van der Waals surface area contributed by atoms with Gasteiger partial charge in [0.25, 0.3) is 17.9 Å². The largest absolute Gasteiger partial charge is 0.383 e. The monoisotopic (exact) mass is 447 g/mol. The second-order valence-corrected chi connectivity index (χ2v) is 9.16. The molecule has 2 aliphatic rings. The van der Waals surface area contributed by atoms with Crippen molar-refractivity contribution in [2.24, 2.45) is 5.41 Å². The van der Waals surface area contributed by atoms with Gasteiger partial charge in [0.05, 0.1) is 6.54 Å². The Morgan fingerprint density at radius 3 is 2.66 bits per heavy atom. The number of rotatable bonds is 4. The van der Waals surface area contributed by atoms with Crippen molar-refractivity contribution >= 4 is 23.2 Å². The molecule has 0 saturated carbocycles. The van der Waals surface area contributed by atoms with E-state index in [0.717, 1.165) is 0 Å². The summed E-state index contributed by atoms with van der Waals surface area (Å²) in [4.78, 5) is 36.4. The van der Waals surface area contributed by atoms with Gasteiger partial charge in [0, 0.05) is 30.5 Å². The molecule has 0 bridgehead atoms. The molecule has 0 aromatic carbocycles. The van der Waals surface area contributed by atoms with Crippen LogP contribution in [0, 0.1) is 19.3 Å². The Balaban J connectivity index is 1.82. The van der Waals surface area contributed by atoms with Gasteiger partial charge >= 0.3 is 0 Å². The van der Waals surface area contributed by atoms with Gasteiger partial charge in [0.15, 0.2) is 0 Å². The number of anilines is 3. The van der Waals surface area contributed by atoms with E-state index in [2.05, 4.69) is 20.6 Å². The van der Waals surface area contributed by atoms with Crippen LogP contribution in [0.15, 0.2) is 17.2 Å². The molecule has 9 nitrogen and oxygen atoms in total. The van der Waals surface area contributed by atoms with E-state index >= 15 is 0 Å². The third-order valence-electron chi connectivity index (χ3n) is 6.61. The lowest BCUT2D eigenvalue weighted by Gasteiger charge is -2.52. The number of amides is 1. The van der Waals surface area contributed by atoms with Crippen LogP contribution >= 0.6 is 0 Å². The van der Waals surface area contributed by atoms with Gasteiger partial charge in [-0.3, -0.25) is 19.1 Å². The van der Waals surface area contributed by atoms with Crippen LogP contribution in [0.4, 0.5) is 26.1 Å². The van der Waals surface area contributed by atoms with Crippen molar-refractivity contribution in [3.63, 3.8) is 0 Å². The Hall–Kier alpha value is -3.08. The molecule has 11 heteroatoms. The molecular weight excluding hydrogens is 420 g/mol. The number of likely N-dealkylation sites (tertiary alicyclic amines) is 1. The summed E-state index contributed by atoms with van der Waals surface area (Å²) in [6, 6.07) is 1.61. The standard InChI is InChI=1S/C21H27F2N7O2/c1-11-7-13(27-17-12(2)16(24)25-10-26-17)19(32)30-15(11)18(31)28-21(30)5-6-29(8-14(22)23)9-20(21,3)4/h7,10,14H,5-6,8-9H2,1-4H3,(H,28,31)(H3,24,25,26,27). The van der Waals surface area contributed by atoms with Crippen molar-refractivity contribution in [1.29, 1.82) is 0 Å². The van der Waals surface area contributed by atoms with Crippen LogP contribution in [0.25, 0.3) is 0 Å². The number of piperidine rings is 1. The first-order valence-electron chi connectivity index (χ1n) is 10.4. The van der Waals surface area contributed by atoms with Crippen molar-refractivity contribution in [2.45, 2.75) is 46.2 Å². The van der Waals surface area contributed by atoms with E-state index in [1.165, 1.54) is 10.9 Å². The molecule has 1 spiro atoms. The third kappa shape index (κ3) is 3.31. The molecule has 172 valence electrons. The summed E-state index contributed by atoms with van der Waals surface area (Å²) < 4.78 is 27.5. The highest BCUT2D eigenvalue weighted by molar-refractivity contribution is 5.97. The number of nitrogens with two attached hydrogens (primary N) is 1. The summed E-state index contributed by atoms with van der Waals surface area (Å²) in [6.07, 6.45) is -0.820. The van der Waals surface area contributed by atoms with Crippen molar-refractivity contribution < 1.29 is 13.6 Å². The normalized spacial score (nSPS) is 22.3. The number of alkyl halides is 2. The van der Waals surface area contributed by atoms with Crippen LogP contribution < -0.4 is 21.9 Å². The molecule has 32 heavy (non-hydrogen) atoms. The predicted octanol–water partition coefficient (Wildman–Crippen LogP) is 1.97. The molecule has 1 atom stereocenters. The van der Waals surface area contributed by atoms with E-state index < -0.39 is 23.1 Å². The van der Waals surface area contributed by atoms with Gasteiger partial charge in [-0.2, -0.15) is 0 Å². The summed E-state index contributed by atoms with van der Waals surface area (Å²) >= 11 is 0. The van der Waals surface area contributed by atoms with E-state index in [1.54, 1.807) is 24.8 Å².